The molecule has 1 saturated heterocycles. The van der Waals surface area contributed by atoms with E-state index in [0.717, 1.165) is 57.1 Å². The number of hydrogen-bond acceptors (Lipinski definition) is 5. The lowest BCUT2D eigenvalue weighted by Crippen LogP contribution is -2.48. The Bertz CT molecular complexity index is 650. The van der Waals surface area contributed by atoms with Crippen molar-refractivity contribution in [1.82, 2.24) is 20.0 Å². The summed E-state index contributed by atoms with van der Waals surface area (Å²) in [5.74, 6) is 1.07. The SMILES string of the molecule is C=C(NC(=O)/C(C)=C(\C)C(=NC)C(C)(C)C)N(CCN1CCN(C)CC1)CC(C)C.CC. The van der Waals surface area contributed by atoms with E-state index in [0.29, 0.717) is 17.3 Å². The van der Waals surface area contributed by atoms with Crippen LogP contribution in [0, 0.1) is 11.3 Å². The van der Waals surface area contributed by atoms with E-state index < -0.39 is 0 Å². The molecule has 0 bridgehead atoms. The molecule has 1 aliphatic heterocycles. The molecule has 6 heteroatoms. The number of piperazine rings is 1. The molecule has 1 aliphatic rings. The number of hydrogen-bond donors (Lipinski definition) is 1. The minimum Gasteiger partial charge on any atom is -0.357 e. The molecule has 0 saturated carbocycles. The van der Waals surface area contributed by atoms with Gasteiger partial charge in [-0.05, 0) is 32.4 Å². The van der Waals surface area contributed by atoms with Gasteiger partial charge >= 0.3 is 0 Å². The van der Waals surface area contributed by atoms with E-state index in [4.69, 9.17) is 0 Å². The van der Waals surface area contributed by atoms with Crippen LogP contribution in [0.15, 0.2) is 28.5 Å². The summed E-state index contributed by atoms with van der Waals surface area (Å²) in [5, 5.41) is 3.04. The second-order valence-corrected chi connectivity index (χ2v) is 9.96. The summed E-state index contributed by atoms with van der Waals surface area (Å²) in [5.41, 5.74) is 2.47. The zero-order chi connectivity index (χ0) is 25.1. The Morgan fingerprint density at radius 1 is 1.09 bits per heavy atom. The Morgan fingerprint density at radius 2 is 1.62 bits per heavy atom. The third-order valence-electron chi connectivity index (χ3n) is 5.70. The molecule has 0 aromatic heterocycles. The second-order valence-electron chi connectivity index (χ2n) is 9.96. The molecule has 0 aromatic rings. The van der Waals surface area contributed by atoms with Crippen molar-refractivity contribution in [3.05, 3.63) is 23.5 Å². The Balaban J connectivity index is 0.00000466. The van der Waals surface area contributed by atoms with E-state index in [1.165, 1.54) is 0 Å². The van der Waals surface area contributed by atoms with Crippen LogP contribution in [-0.2, 0) is 4.79 Å². The zero-order valence-corrected chi connectivity index (χ0v) is 22.9. The molecular weight excluding hydrogens is 398 g/mol. The van der Waals surface area contributed by atoms with E-state index in [1.54, 1.807) is 7.05 Å². The van der Waals surface area contributed by atoms with Gasteiger partial charge in [-0.1, -0.05) is 55.0 Å². The van der Waals surface area contributed by atoms with Crippen molar-refractivity contribution in [2.24, 2.45) is 16.3 Å². The van der Waals surface area contributed by atoms with Crippen LogP contribution in [0.25, 0.3) is 0 Å². The van der Waals surface area contributed by atoms with Gasteiger partial charge in [0.2, 0.25) is 0 Å². The van der Waals surface area contributed by atoms with Gasteiger partial charge in [-0.2, -0.15) is 0 Å². The maximum Gasteiger partial charge on any atom is 0.252 e. The topological polar surface area (TPSA) is 51.2 Å². The number of aliphatic imine (C=N–C) groups is 1. The summed E-state index contributed by atoms with van der Waals surface area (Å²) >= 11 is 0. The molecule has 1 rings (SSSR count). The molecule has 6 nitrogen and oxygen atoms in total. The first-order chi connectivity index (χ1) is 14.9. The fourth-order valence-electron chi connectivity index (χ4n) is 3.83. The van der Waals surface area contributed by atoms with E-state index in [1.807, 2.05) is 27.7 Å². The molecule has 0 unspecified atom stereocenters. The zero-order valence-electron chi connectivity index (χ0n) is 22.9. The summed E-state index contributed by atoms with van der Waals surface area (Å²) in [6.07, 6.45) is 0. The van der Waals surface area contributed by atoms with Gasteiger partial charge in [0.05, 0.1) is 0 Å². The summed E-state index contributed by atoms with van der Waals surface area (Å²) in [6, 6.07) is 0. The molecule has 0 radical (unpaired) electrons. The van der Waals surface area contributed by atoms with Crippen LogP contribution in [0.5, 0.6) is 0 Å². The van der Waals surface area contributed by atoms with Crippen molar-refractivity contribution in [1.29, 1.82) is 0 Å². The first-order valence-electron chi connectivity index (χ1n) is 12.2. The average molecular weight is 450 g/mol. The number of nitrogens with zero attached hydrogens (tertiary/aromatic N) is 4. The molecule has 0 aromatic carbocycles. The van der Waals surface area contributed by atoms with Crippen molar-refractivity contribution >= 4 is 11.6 Å². The quantitative estimate of drug-likeness (QED) is 0.422. The van der Waals surface area contributed by atoms with Gasteiger partial charge in [0.1, 0.15) is 5.82 Å². The van der Waals surface area contributed by atoms with Gasteiger partial charge in [0.25, 0.3) is 5.91 Å². The van der Waals surface area contributed by atoms with Crippen molar-refractivity contribution in [3.8, 4) is 0 Å². The van der Waals surface area contributed by atoms with Crippen molar-refractivity contribution in [3.63, 3.8) is 0 Å². The molecule has 0 spiro atoms. The van der Waals surface area contributed by atoms with Crippen molar-refractivity contribution in [2.75, 3.05) is 59.9 Å². The summed E-state index contributed by atoms with van der Waals surface area (Å²) in [4.78, 5) is 24.5. The lowest BCUT2D eigenvalue weighted by atomic mass is 9.84. The number of nitrogens with one attached hydrogen (secondary N) is 1. The Kier molecular flexibility index (Phi) is 13.7. The normalized spacial score (nSPS) is 16.8. The van der Waals surface area contributed by atoms with E-state index >= 15 is 0 Å². The van der Waals surface area contributed by atoms with E-state index in [2.05, 4.69) is 73.3 Å². The fraction of sp³-hybridized carbons (Fsp3) is 0.769. The van der Waals surface area contributed by atoms with Crippen LogP contribution in [0.2, 0.25) is 0 Å². The van der Waals surface area contributed by atoms with Gasteiger partial charge in [0.15, 0.2) is 0 Å². The predicted octanol–water partition coefficient (Wildman–Crippen LogP) is 4.26. The highest BCUT2D eigenvalue weighted by Gasteiger charge is 2.23. The Labute approximate surface area is 198 Å². The van der Waals surface area contributed by atoms with Crippen LogP contribution in [0.3, 0.4) is 0 Å². The van der Waals surface area contributed by atoms with Crippen LogP contribution >= 0.6 is 0 Å². The van der Waals surface area contributed by atoms with Gasteiger partial charge < -0.3 is 15.1 Å². The Hall–Kier alpha value is -1.66. The highest BCUT2D eigenvalue weighted by Crippen LogP contribution is 2.23. The highest BCUT2D eigenvalue weighted by molar-refractivity contribution is 6.09. The van der Waals surface area contributed by atoms with Crippen LogP contribution in [0.4, 0.5) is 0 Å². The molecule has 1 fully saturated rings. The smallest absolute Gasteiger partial charge is 0.252 e. The molecule has 32 heavy (non-hydrogen) atoms. The monoisotopic (exact) mass is 449 g/mol. The molecule has 1 heterocycles. The summed E-state index contributed by atoms with van der Waals surface area (Å²) in [7, 11) is 3.96. The van der Waals surface area contributed by atoms with Gasteiger partial charge in [-0.25, -0.2) is 0 Å². The van der Waals surface area contributed by atoms with Crippen LogP contribution in [-0.4, -0.2) is 86.2 Å². The van der Waals surface area contributed by atoms with E-state index in [-0.39, 0.29) is 11.3 Å². The second kappa shape index (κ2) is 14.5. The first kappa shape index (κ1) is 30.3. The lowest BCUT2D eigenvalue weighted by molar-refractivity contribution is -0.117. The summed E-state index contributed by atoms with van der Waals surface area (Å²) < 4.78 is 0. The third kappa shape index (κ3) is 10.3. The van der Waals surface area contributed by atoms with Gasteiger partial charge in [-0.3, -0.25) is 14.7 Å². The molecule has 186 valence electrons. The number of carbonyl (C=O) groups is 1. The summed E-state index contributed by atoms with van der Waals surface area (Å²) in [6.45, 7) is 29.9. The predicted molar refractivity (Wildman–Crippen MR) is 140 cm³/mol. The maximum absolute atomic E-state index is 12.9. The van der Waals surface area contributed by atoms with Crippen molar-refractivity contribution in [2.45, 2.75) is 62.3 Å². The molecule has 0 aliphatic carbocycles. The van der Waals surface area contributed by atoms with Crippen LogP contribution < -0.4 is 5.32 Å². The third-order valence-corrected chi connectivity index (χ3v) is 5.70. The van der Waals surface area contributed by atoms with E-state index in [9.17, 15) is 4.79 Å². The standard InChI is InChI=1S/C24H45N5O.C2H6/c1-18(2)17-29(16-15-28-13-11-27(10)12-14-28)21(5)26-23(30)20(4)19(3)22(25-9)24(6,7)8;1-2/h18H,5,11-17H2,1-4,6-10H3,(H,26,30);1-2H3/b20-19+,25-22?;. The number of carbonyl (C=O) groups excluding carboxylic acids is 1. The number of amides is 1. The highest BCUT2D eigenvalue weighted by atomic mass is 16.1. The first-order valence-corrected chi connectivity index (χ1v) is 12.2. The molecule has 1 N–H and O–H groups in total. The van der Waals surface area contributed by atoms with Gasteiger partial charge in [0, 0.05) is 69.6 Å². The maximum atomic E-state index is 12.9. The molecular formula is C26H51N5O. The minimum absolute atomic E-state index is 0.101. The average Bonchev–Trinajstić information content (AvgIpc) is 2.72. The Morgan fingerprint density at radius 3 is 2.06 bits per heavy atom. The number of rotatable bonds is 9. The van der Waals surface area contributed by atoms with Crippen LogP contribution in [0.1, 0.15) is 62.3 Å². The fourth-order valence-corrected chi connectivity index (χ4v) is 3.83. The van der Waals surface area contributed by atoms with Crippen molar-refractivity contribution < 1.29 is 4.79 Å². The number of allylic oxidation sites excluding steroid dienone is 1. The van der Waals surface area contributed by atoms with Gasteiger partial charge in [-0.15, -0.1) is 0 Å². The molecule has 1 amide bonds. The number of likely N-dealkylation sites (N-methyl/N-ethyl adjacent to an activating group) is 1. The molecule has 0 atom stereocenters. The largest absolute Gasteiger partial charge is 0.357 e. The lowest BCUT2D eigenvalue weighted by Gasteiger charge is -2.35. The minimum atomic E-state index is -0.108.